The molecule has 3 N–H and O–H groups in total. The highest BCUT2D eigenvalue weighted by atomic mass is 35.5. The maximum atomic E-state index is 13.0. The van der Waals surface area contributed by atoms with Gasteiger partial charge in [0.15, 0.2) is 5.76 Å². The first-order chi connectivity index (χ1) is 18.4. The molecule has 212 valence electrons. The van der Waals surface area contributed by atoms with Gasteiger partial charge in [-0.1, -0.05) is 48.9 Å². The molecular formula is C31H41ClN2O5. The third-order valence-corrected chi connectivity index (χ3v) is 6.87. The number of nitrogens with zero attached hydrogens (tertiary/aromatic N) is 1. The van der Waals surface area contributed by atoms with Crippen molar-refractivity contribution in [2.75, 3.05) is 0 Å². The van der Waals surface area contributed by atoms with Crippen molar-refractivity contribution >= 4 is 23.5 Å². The van der Waals surface area contributed by atoms with E-state index in [4.69, 9.17) is 16.1 Å². The van der Waals surface area contributed by atoms with E-state index in [-0.39, 0.29) is 48.3 Å². The van der Waals surface area contributed by atoms with Crippen LogP contribution in [0.4, 0.5) is 0 Å². The molecule has 1 saturated carbocycles. The van der Waals surface area contributed by atoms with Gasteiger partial charge in [-0.15, -0.1) is 11.6 Å². The van der Waals surface area contributed by atoms with Gasteiger partial charge in [0.1, 0.15) is 5.75 Å². The molecule has 3 rings (SSSR count). The Balaban J connectivity index is 1.84. The maximum Gasteiger partial charge on any atom is 0.303 e. The van der Waals surface area contributed by atoms with Gasteiger partial charge in [0.2, 0.25) is 5.91 Å². The van der Waals surface area contributed by atoms with Gasteiger partial charge in [0.25, 0.3) is 0 Å². The zero-order chi connectivity index (χ0) is 28.7. The monoisotopic (exact) mass is 556 g/mol. The van der Waals surface area contributed by atoms with Crippen LogP contribution in [0.15, 0.2) is 46.5 Å². The lowest BCUT2D eigenvalue weighted by Crippen LogP contribution is -2.32. The van der Waals surface area contributed by atoms with Crippen molar-refractivity contribution in [2.24, 2.45) is 5.92 Å². The van der Waals surface area contributed by atoms with Crippen molar-refractivity contribution in [3.63, 3.8) is 0 Å². The minimum absolute atomic E-state index is 0.0811. The van der Waals surface area contributed by atoms with Gasteiger partial charge in [0.05, 0.1) is 11.3 Å². The van der Waals surface area contributed by atoms with Crippen LogP contribution >= 0.6 is 11.6 Å². The summed E-state index contributed by atoms with van der Waals surface area (Å²) in [5.41, 5.74) is 4.11. The zero-order valence-electron chi connectivity index (χ0n) is 23.5. The summed E-state index contributed by atoms with van der Waals surface area (Å²) in [6.45, 7) is 9.97. The number of phenolic OH excluding ortho intramolecular Hbond substituents is 1. The number of carboxylic acid groups (broad SMARTS) is 1. The molecule has 0 bridgehead atoms. The molecule has 0 saturated heterocycles. The second-order valence-corrected chi connectivity index (χ2v) is 11.9. The quantitative estimate of drug-likeness (QED) is 0.169. The van der Waals surface area contributed by atoms with Crippen molar-refractivity contribution in [3.05, 3.63) is 58.8 Å². The second kappa shape index (κ2) is 13.8. The highest BCUT2D eigenvalue weighted by Crippen LogP contribution is 2.50. The highest BCUT2D eigenvalue weighted by Gasteiger charge is 2.36. The van der Waals surface area contributed by atoms with Crippen molar-refractivity contribution < 1.29 is 24.3 Å². The van der Waals surface area contributed by atoms with Crippen LogP contribution in [-0.4, -0.2) is 38.7 Å². The van der Waals surface area contributed by atoms with Gasteiger partial charge < -0.3 is 20.1 Å². The SMILES string of the molecule is CC(/C=C\C(C)NC(=O)CC(CCC(=O)O)c1noc(-c2ccc(CC(C)C)cc2O)c1C1CC1)=C/C(C)Cl. The highest BCUT2D eigenvalue weighted by molar-refractivity contribution is 6.21. The Morgan fingerprint density at radius 2 is 1.95 bits per heavy atom. The van der Waals surface area contributed by atoms with E-state index in [0.29, 0.717) is 22.9 Å². The summed E-state index contributed by atoms with van der Waals surface area (Å²) in [5.74, 6) is -0.230. The Labute approximate surface area is 236 Å². The molecule has 3 atom stereocenters. The normalized spacial score (nSPS) is 16.4. The van der Waals surface area contributed by atoms with Crippen molar-refractivity contribution in [3.8, 4) is 17.1 Å². The Morgan fingerprint density at radius 1 is 1.23 bits per heavy atom. The Kier molecular flexibility index (Phi) is 10.8. The fourth-order valence-corrected chi connectivity index (χ4v) is 5.06. The number of aromatic hydroxyl groups is 1. The third-order valence-electron chi connectivity index (χ3n) is 6.75. The molecule has 0 radical (unpaired) electrons. The molecule has 2 aromatic rings. The molecule has 1 aliphatic carbocycles. The third kappa shape index (κ3) is 9.27. The molecule has 39 heavy (non-hydrogen) atoms. The average molecular weight is 557 g/mol. The number of amides is 1. The largest absolute Gasteiger partial charge is 0.507 e. The molecule has 1 aromatic carbocycles. The number of carboxylic acids is 1. The van der Waals surface area contributed by atoms with E-state index in [0.717, 1.165) is 36.0 Å². The van der Waals surface area contributed by atoms with Gasteiger partial charge >= 0.3 is 5.97 Å². The van der Waals surface area contributed by atoms with Crippen molar-refractivity contribution in [2.45, 2.75) is 96.4 Å². The number of alkyl halides is 1. The first kappa shape index (κ1) is 30.5. The smallest absolute Gasteiger partial charge is 0.303 e. The van der Waals surface area contributed by atoms with Gasteiger partial charge in [-0.05, 0) is 76.0 Å². The summed E-state index contributed by atoms with van der Waals surface area (Å²) in [6.07, 6.45) is 8.76. The number of hydrogen-bond acceptors (Lipinski definition) is 5. The summed E-state index contributed by atoms with van der Waals surface area (Å²) in [7, 11) is 0. The molecule has 0 aliphatic heterocycles. The molecule has 0 spiro atoms. The summed E-state index contributed by atoms with van der Waals surface area (Å²) >= 11 is 6.00. The Morgan fingerprint density at radius 3 is 2.54 bits per heavy atom. The minimum atomic E-state index is -0.928. The number of aliphatic carboxylic acids is 1. The molecule has 1 aliphatic rings. The minimum Gasteiger partial charge on any atom is -0.507 e. The fraction of sp³-hybridized carbons (Fsp3) is 0.516. The lowest BCUT2D eigenvalue weighted by atomic mass is 9.89. The zero-order valence-corrected chi connectivity index (χ0v) is 24.3. The van der Waals surface area contributed by atoms with E-state index in [2.05, 4.69) is 24.3 Å². The predicted molar refractivity (Wildman–Crippen MR) is 154 cm³/mol. The van der Waals surface area contributed by atoms with Crippen molar-refractivity contribution in [1.29, 1.82) is 0 Å². The number of halogens is 1. The van der Waals surface area contributed by atoms with Crippen LogP contribution in [-0.2, 0) is 16.0 Å². The molecule has 8 heteroatoms. The first-order valence-corrected chi connectivity index (χ1v) is 14.2. The number of aromatic nitrogens is 1. The topological polar surface area (TPSA) is 113 Å². The molecule has 3 unspecified atom stereocenters. The molecule has 1 heterocycles. The number of nitrogens with one attached hydrogen (secondary N) is 1. The summed E-state index contributed by atoms with van der Waals surface area (Å²) < 4.78 is 5.81. The molecule has 7 nitrogen and oxygen atoms in total. The Hall–Kier alpha value is -3.06. The first-order valence-electron chi connectivity index (χ1n) is 13.8. The summed E-state index contributed by atoms with van der Waals surface area (Å²) in [6, 6.07) is 5.40. The fourth-order valence-electron chi connectivity index (χ4n) is 4.86. The summed E-state index contributed by atoms with van der Waals surface area (Å²) in [4.78, 5) is 24.5. The molecular weight excluding hydrogens is 516 g/mol. The number of allylic oxidation sites excluding steroid dienone is 3. The number of benzene rings is 1. The molecule has 1 amide bonds. The summed E-state index contributed by atoms with van der Waals surface area (Å²) in [5, 5.41) is 27.5. The lowest BCUT2D eigenvalue weighted by molar-refractivity contribution is -0.137. The number of phenols is 1. The standard InChI is InChI=1S/C31H41ClN2O5/c1-18(2)14-22-8-12-25(26(35)16-22)31-29(23-9-10-23)30(34-39-31)24(11-13-28(37)38)17-27(36)33-21(5)7-6-19(3)15-20(4)32/h6-8,12,15-16,18,20-21,23-24,35H,9-11,13-14,17H2,1-5H3,(H,33,36)(H,37,38)/b7-6-,19-15-. The predicted octanol–water partition coefficient (Wildman–Crippen LogP) is 7.10. The van der Waals surface area contributed by atoms with Gasteiger partial charge in [-0.25, -0.2) is 0 Å². The van der Waals surface area contributed by atoms with Crippen LogP contribution < -0.4 is 5.32 Å². The van der Waals surface area contributed by atoms with E-state index in [1.54, 1.807) is 6.07 Å². The van der Waals surface area contributed by atoms with Crippen LogP contribution in [0.3, 0.4) is 0 Å². The van der Waals surface area contributed by atoms with E-state index >= 15 is 0 Å². The molecule has 1 aromatic heterocycles. The van der Waals surface area contributed by atoms with E-state index < -0.39 is 11.9 Å². The van der Waals surface area contributed by atoms with Gasteiger partial charge in [-0.2, -0.15) is 0 Å². The number of carbonyl (C=O) groups is 2. The lowest BCUT2D eigenvalue weighted by Gasteiger charge is -2.17. The maximum absolute atomic E-state index is 13.0. The molecule has 1 fully saturated rings. The van der Waals surface area contributed by atoms with Crippen LogP contribution in [0.2, 0.25) is 0 Å². The van der Waals surface area contributed by atoms with Gasteiger partial charge in [0, 0.05) is 35.7 Å². The number of carbonyl (C=O) groups excluding carboxylic acids is 1. The van der Waals surface area contributed by atoms with Crippen LogP contribution in [0.1, 0.15) is 95.4 Å². The number of hydrogen-bond donors (Lipinski definition) is 3. The van der Waals surface area contributed by atoms with E-state index in [9.17, 15) is 19.8 Å². The van der Waals surface area contributed by atoms with Gasteiger partial charge in [-0.3, -0.25) is 9.59 Å². The second-order valence-electron chi connectivity index (χ2n) is 11.2. The van der Waals surface area contributed by atoms with Crippen molar-refractivity contribution in [1.82, 2.24) is 10.5 Å². The van der Waals surface area contributed by atoms with Crippen LogP contribution in [0, 0.1) is 5.92 Å². The Bertz CT molecular complexity index is 1210. The van der Waals surface area contributed by atoms with Crippen LogP contribution in [0.25, 0.3) is 11.3 Å². The van der Waals surface area contributed by atoms with E-state index in [1.165, 1.54) is 0 Å². The van der Waals surface area contributed by atoms with Crippen LogP contribution in [0.5, 0.6) is 5.75 Å². The average Bonchev–Trinajstić information content (AvgIpc) is 3.58. The number of rotatable bonds is 14. The van der Waals surface area contributed by atoms with E-state index in [1.807, 2.05) is 51.1 Å².